The number of rotatable bonds is 4. The molecule has 1 aromatic rings. The number of para-hydroxylation sites is 1. The molecular formula is C15H22N4O2. The van der Waals surface area contributed by atoms with Crippen LogP contribution in [-0.4, -0.2) is 54.3 Å². The van der Waals surface area contributed by atoms with Crippen LogP contribution in [0.3, 0.4) is 0 Å². The number of nitrogens with zero attached hydrogens (tertiary/aromatic N) is 2. The molecule has 0 radical (unpaired) electrons. The molecule has 0 atom stereocenters. The number of carbonyl (C=O) groups excluding carboxylic acids is 2. The van der Waals surface area contributed by atoms with Crippen molar-refractivity contribution >= 4 is 17.5 Å². The van der Waals surface area contributed by atoms with Crippen molar-refractivity contribution in [2.45, 2.75) is 13.5 Å². The summed E-state index contributed by atoms with van der Waals surface area (Å²) in [5, 5.41) is 2.90. The van der Waals surface area contributed by atoms with E-state index in [0.29, 0.717) is 26.2 Å². The van der Waals surface area contributed by atoms with Gasteiger partial charge in [0.2, 0.25) is 11.8 Å². The van der Waals surface area contributed by atoms with Crippen molar-refractivity contribution in [1.29, 1.82) is 0 Å². The van der Waals surface area contributed by atoms with E-state index in [1.165, 1.54) is 0 Å². The van der Waals surface area contributed by atoms with E-state index in [1.54, 1.807) is 11.8 Å². The standard InChI is InChI=1S/C15H22N4O2/c1-12(20)19-8-6-18(7-9-19)11-15(21)17-14-5-3-2-4-13(14)10-16/h2-5H,6-11,16H2,1H3,(H,17,21). The molecule has 1 saturated heterocycles. The fourth-order valence-corrected chi connectivity index (χ4v) is 2.43. The normalized spacial score (nSPS) is 15.8. The summed E-state index contributed by atoms with van der Waals surface area (Å²) in [5.41, 5.74) is 7.35. The van der Waals surface area contributed by atoms with Crippen LogP contribution >= 0.6 is 0 Å². The summed E-state index contributed by atoms with van der Waals surface area (Å²) in [6, 6.07) is 7.54. The van der Waals surface area contributed by atoms with Gasteiger partial charge in [0.05, 0.1) is 6.54 Å². The van der Waals surface area contributed by atoms with Gasteiger partial charge in [0.15, 0.2) is 0 Å². The molecule has 0 unspecified atom stereocenters. The number of anilines is 1. The minimum Gasteiger partial charge on any atom is -0.340 e. The molecule has 2 amide bonds. The molecule has 1 aliphatic rings. The Balaban J connectivity index is 1.84. The van der Waals surface area contributed by atoms with Crippen molar-refractivity contribution in [2.75, 3.05) is 38.0 Å². The largest absolute Gasteiger partial charge is 0.340 e. The van der Waals surface area contributed by atoms with Crippen molar-refractivity contribution in [3.05, 3.63) is 29.8 Å². The zero-order valence-corrected chi connectivity index (χ0v) is 12.3. The first-order chi connectivity index (χ1) is 10.1. The number of piperazine rings is 1. The zero-order chi connectivity index (χ0) is 15.2. The SMILES string of the molecule is CC(=O)N1CCN(CC(=O)Nc2ccccc2CN)CC1. The summed E-state index contributed by atoms with van der Waals surface area (Å²) in [6.07, 6.45) is 0. The van der Waals surface area contributed by atoms with E-state index >= 15 is 0 Å². The Kier molecular flexibility index (Phi) is 5.30. The van der Waals surface area contributed by atoms with Crippen LogP contribution in [0.4, 0.5) is 5.69 Å². The Bertz CT molecular complexity index is 510. The summed E-state index contributed by atoms with van der Waals surface area (Å²) in [4.78, 5) is 27.2. The van der Waals surface area contributed by atoms with E-state index < -0.39 is 0 Å². The first-order valence-electron chi connectivity index (χ1n) is 7.16. The van der Waals surface area contributed by atoms with Gasteiger partial charge in [-0.25, -0.2) is 0 Å². The molecule has 2 rings (SSSR count). The van der Waals surface area contributed by atoms with Crippen LogP contribution in [0.15, 0.2) is 24.3 Å². The highest BCUT2D eigenvalue weighted by Crippen LogP contribution is 2.14. The molecule has 0 bridgehead atoms. The molecule has 0 aromatic heterocycles. The molecule has 0 aliphatic carbocycles. The van der Waals surface area contributed by atoms with Crippen LogP contribution in [0.1, 0.15) is 12.5 Å². The maximum Gasteiger partial charge on any atom is 0.238 e. The van der Waals surface area contributed by atoms with Crippen molar-refractivity contribution < 1.29 is 9.59 Å². The molecule has 0 spiro atoms. The van der Waals surface area contributed by atoms with E-state index in [1.807, 2.05) is 24.3 Å². The van der Waals surface area contributed by atoms with Crippen LogP contribution in [0.25, 0.3) is 0 Å². The number of benzene rings is 1. The molecule has 114 valence electrons. The third-order valence-electron chi connectivity index (χ3n) is 3.70. The Morgan fingerprint density at radius 1 is 1.19 bits per heavy atom. The van der Waals surface area contributed by atoms with E-state index in [9.17, 15) is 9.59 Å². The average Bonchev–Trinajstić information content (AvgIpc) is 2.48. The maximum atomic E-state index is 12.1. The minimum atomic E-state index is -0.0489. The van der Waals surface area contributed by atoms with E-state index in [0.717, 1.165) is 24.3 Å². The minimum absolute atomic E-state index is 0.0489. The van der Waals surface area contributed by atoms with E-state index in [2.05, 4.69) is 10.2 Å². The highest BCUT2D eigenvalue weighted by Gasteiger charge is 2.20. The van der Waals surface area contributed by atoms with Crippen molar-refractivity contribution in [3.63, 3.8) is 0 Å². The third kappa shape index (κ3) is 4.27. The fourth-order valence-electron chi connectivity index (χ4n) is 2.43. The Morgan fingerprint density at radius 2 is 1.86 bits per heavy atom. The number of carbonyl (C=O) groups is 2. The number of amides is 2. The molecular weight excluding hydrogens is 268 g/mol. The third-order valence-corrected chi connectivity index (χ3v) is 3.70. The van der Waals surface area contributed by atoms with Gasteiger partial charge in [-0.3, -0.25) is 14.5 Å². The molecule has 6 nitrogen and oxygen atoms in total. The molecule has 1 heterocycles. The van der Waals surface area contributed by atoms with Crippen LogP contribution in [0, 0.1) is 0 Å². The second-order valence-corrected chi connectivity index (χ2v) is 5.19. The number of hydrogen-bond acceptors (Lipinski definition) is 4. The number of hydrogen-bond donors (Lipinski definition) is 2. The molecule has 0 saturated carbocycles. The van der Waals surface area contributed by atoms with Gasteiger partial charge in [-0.1, -0.05) is 18.2 Å². The molecule has 21 heavy (non-hydrogen) atoms. The Hall–Kier alpha value is -1.92. The lowest BCUT2D eigenvalue weighted by atomic mass is 10.2. The van der Waals surface area contributed by atoms with Crippen molar-refractivity contribution in [1.82, 2.24) is 9.80 Å². The molecule has 3 N–H and O–H groups in total. The van der Waals surface area contributed by atoms with Crippen LogP contribution in [-0.2, 0) is 16.1 Å². The van der Waals surface area contributed by atoms with Crippen molar-refractivity contribution in [2.24, 2.45) is 5.73 Å². The monoisotopic (exact) mass is 290 g/mol. The lowest BCUT2D eigenvalue weighted by Crippen LogP contribution is -2.49. The van der Waals surface area contributed by atoms with Crippen LogP contribution in [0.5, 0.6) is 0 Å². The van der Waals surface area contributed by atoms with Crippen LogP contribution < -0.4 is 11.1 Å². The quantitative estimate of drug-likeness (QED) is 0.833. The van der Waals surface area contributed by atoms with Gasteiger partial charge < -0.3 is 16.0 Å². The Morgan fingerprint density at radius 3 is 2.48 bits per heavy atom. The summed E-state index contributed by atoms with van der Waals surface area (Å²) < 4.78 is 0. The molecule has 1 fully saturated rings. The fraction of sp³-hybridized carbons (Fsp3) is 0.467. The lowest BCUT2D eigenvalue weighted by Gasteiger charge is -2.33. The van der Waals surface area contributed by atoms with Gasteiger partial charge in [0.25, 0.3) is 0 Å². The number of nitrogens with one attached hydrogen (secondary N) is 1. The summed E-state index contributed by atoms with van der Waals surface area (Å²) in [7, 11) is 0. The predicted molar refractivity (Wildman–Crippen MR) is 81.7 cm³/mol. The van der Waals surface area contributed by atoms with Gasteiger partial charge in [0.1, 0.15) is 0 Å². The van der Waals surface area contributed by atoms with Gasteiger partial charge in [-0.15, -0.1) is 0 Å². The first kappa shape index (κ1) is 15.5. The molecule has 1 aliphatic heterocycles. The molecule has 1 aromatic carbocycles. The highest BCUT2D eigenvalue weighted by atomic mass is 16.2. The van der Waals surface area contributed by atoms with E-state index in [-0.39, 0.29) is 11.8 Å². The van der Waals surface area contributed by atoms with Gasteiger partial charge >= 0.3 is 0 Å². The molecule has 6 heteroatoms. The van der Waals surface area contributed by atoms with E-state index in [4.69, 9.17) is 5.73 Å². The van der Waals surface area contributed by atoms with Gasteiger partial charge in [0, 0.05) is 45.3 Å². The predicted octanol–water partition coefficient (Wildman–Crippen LogP) is 0.248. The average molecular weight is 290 g/mol. The Labute approximate surface area is 124 Å². The summed E-state index contributed by atoms with van der Waals surface area (Å²) >= 11 is 0. The smallest absolute Gasteiger partial charge is 0.238 e. The second-order valence-electron chi connectivity index (χ2n) is 5.19. The zero-order valence-electron chi connectivity index (χ0n) is 12.3. The van der Waals surface area contributed by atoms with Gasteiger partial charge in [-0.05, 0) is 11.6 Å². The summed E-state index contributed by atoms with van der Waals surface area (Å²) in [5.74, 6) is 0.0446. The summed E-state index contributed by atoms with van der Waals surface area (Å²) in [6.45, 7) is 5.13. The van der Waals surface area contributed by atoms with Crippen molar-refractivity contribution in [3.8, 4) is 0 Å². The lowest BCUT2D eigenvalue weighted by molar-refractivity contribution is -0.130. The maximum absolute atomic E-state index is 12.1. The van der Waals surface area contributed by atoms with Gasteiger partial charge in [-0.2, -0.15) is 0 Å². The first-order valence-corrected chi connectivity index (χ1v) is 7.16. The topological polar surface area (TPSA) is 78.7 Å². The number of nitrogens with two attached hydrogens (primary N) is 1. The highest BCUT2D eigenvalue weighted by molar-refractivity contribution is 5.93. The second kappa shape index (κ2) is 7.19. The van der Waals surface area contributed by atoms with Crippen LogP contribution in [0.2, 0.25) is 0 Å².